The van der Waals surface area contributed by atoms with Gasteiger partial charge in [-0.15, -0.1) is 0 Å². The molecule has 2 unspecified atom stereocenters. The van der Waals surface area contributed by atoms with E-state index in [1.165, 1.54) is 28.3 Å². The Labute approximate surface area is 618 Å². The van der Waals surface area contributed by atoms with Crippen molar-refractivity contribution in [3.8, 4) is 63.1 Å². The third-order valence-electron chi connectivity index (χ3n) is 16.2. The van der Waals surface area contributed by atoms with Crippen LogP contribution in [0.4, 0.5) is 0 Å². The smallest absolute Gasteiger partial charge is 0.343 e. The van der Waals surface area contributed by atoms with Crippen LogP contribution in [0.1, 0.15) is 95.1 Å². The van der Waals surface area contributed by atoms with Gasteiger partial charge in [-0.3, -0.25) is 0 Å². The lowest BCUT2D eigenvalue weighted by Gasteiger charge is -2.34. The second-order valence-corrected chi connectivity index (χ2v) is 23.7. The van der Waals surface area contributed by atoms with Crippen LogP contribution in [0.3, 0.4) is 0 Å². The molecule has 9 rings (SSSR count). The van der Waals surface area contributed by atoms with Crippen molar-refractivity contribution in [1.29, 1.82) is 10.5 Å². The van der Waals surface area contributed by atoms with Crippen LogP contribution in [-0.2, 0) is 53.0 Å². The average molecular weight is 1440 g/mol. The van der Waals surface area contributed by atoms with Crippen LogP contribution in [0.15, 0.2) is 245 Å². The molecule has 20 heteroatoms. The van der Waals surface area contributed by atoms with E-state index in [9.17, 15) is 34.2 Å². The number of esters is 5. The average Bonchev–Trinajstić information content (AvgIpc) is 1.53. The van der Waals surface area contributed by atoms with Crippen LogP contribution < -0.4 is 23.7 Å². The first-order valence-electron chi connectivity index (χ1n) is 34.7. The van der Waals surface area contributed by atoms with E-state index in [4.69, 9.17) is 62.6 Å². The highest BCUT2D eigenvalue weighted by molar-refractivity contribution is 5.91. The lowest BCUT2D eigenvalue weighted by Crippen LogP contribution is -2.28. The summed E-state index contributed by atoms with van der Waals surface area (Å²) in [6.45, 7) is 16.1. The molecule has 20 nitrogen and oxygen atoms in total. The fourth-order valence-corrected chi connectivity index (χ4v) is 11.0. The van der Waals surface area contributed by atoms with Gasteiger partial charge in [0.25, 0.3) is 0 Å². The minimum Gasteiger partial charge on any atom is -0.494 e. The Balaban J connectivity index is 0.000000242. The van der Waals surface area contributed by atoms with Gasteiger partial charge in [-0.2, -0.15) is 10.5 Å². The van der Waals surface area contributed by atoms with E-state index in [0.29, 0.717) is 66.1 Å². The predicted octanol–water partition coefficient (Wildman–Crippen LogP) is 14.4. The van der Waals surface area contributed by atoms with Crippen molar-refractivity contribution < 1.29 is 86.3 Å². The number of aliphatic hydroxyl groups is 2. The highest BCUT2D eigenvalue weighted by Gasteiger charge is 2.46. The molecule has 0 saturated carbocycles. The van der Waals surface area contributed by atoms with Gasteiger partial charge < -0.3 is 62.3 Å². The molecule has 0 heterocycles. The molecule has 106 heavy (non-hydrogen) atoms. The molecule has 0 amide bonds. The van der Waals surface area contributed by atoms with E-state index in [1.54, 1.807) is 48.5 Å². The van der Waals surface area contributed by atoms with Crippen molar-refractivity contribution in [3.05, 3.63) is 284 Å². The second-order valence-electron chi connectivity index (χ2n) is 23.7. The molecule has 0 radical (unpaired) electrons. The Kier molecular flexibility index (Phi) is 34.7. The fourth-order valence-electron chi connectivity index (χ4n) is 11.0. The van der Waals surface area contributed by atoms with Crippen molar-refractivity contribution >= 4 is 29.8 Å². The van der Waals surface area contributed by atoms with Crippen LogP contribution in [0, 0.1) is 22.7 Å². The topological polar surface area (TPSA) is 275 Å². The van der Waals surface area contributed by atoms with Gasteiger partial charge in [0.15, 0.2) is 0 Å². The van der Waals surface area contributed by atoms with Crippen molar-refractivity contribution in [2.24, 2.45) is 0 Å². The molecule has 550 valence electrons. The summed E-state index contributed by atoms with van der Waals surface area (Å²) in [6.07, 6.45) is 10.0. The Morgan fingerprint density at radius 3 is 1.09 bits per heavy atom. The van der Waals surface area contributed by atoms with E-state index < -0.39 is 41.5 Å². The third-order valence-corrected chi connectivity index (χ3v) is 16.2. The number of fused-ring (bicyclic) bond motifs is 3. The van der Waals surface area contributed by atoms with Gasteiger partial charge in [0.2, 0.25) is 0 Å². The summed E-state index contributed by atoms with van der Waals surface area (Å²) in [7, 11) is 0. The molecule has 0 spiro atoms. The zero-order valence-electron chi connectivity index (χ0n) is 59.2. The van der Waals surface area contributed by atoms with E-state index in [2.05, 4.69) is 105 Å². The number of carbonyl (C=O) groups excluding carboxylic acids is 5. The summed E-state index contributed by atoms with van der Waals surface area (Å²) in [5.74, 6) is 0.836. The number of carbonyl (C=O) groups is 5. The van der Waals surface area contributed by atoms with Gasteiger partial charge in [0, 0.05) is 24.3 Å². The predicted molar refractivity (Wildman–Crippen MR) is 400 cm³/mol. The van der Waals surface area contributed by atoms with E-state index in [1.807, 2.05) is 78.9 Å². The Morgan fingerprint density at radius 2 is 0.698 bits per heavy atom. The van der Waals surface area contributed by atoms with Gasteiger partial charge in [0.1, 0.15) is 67.4 Å². The highest BCUT2D eigenvalue weighted by Crippen LogP contribution is 2.56. The molecule has 0 saturated heterocycles. The molecular weight excluding hydrogens is 1350 g/mol. The van der Waals surface area contributed by atoms with Crippen molar-refractivity contribution in [2.75, 3.05) is 79.3 Å². The van der Waals surface area contributed by atoms with Crippen molar-refractivity contribution in [2.45, 2.75) is 69.0 Å². The number of aliphatic hydroxyl groups excluding tert-OH is 2. The van der Waals surface area contributed by atoms with Gasteiger partial charge in [-0.05, 0) is 193 Å². The Bertz CT molecular complexity index is 4050. The second kappa shape index (κ2) is 45.2. The summed E-state index contributed by atoms with van der Waals surface area (Å²) in [5, 5.41) is 37.5. The minimum absolute atomic E-state index is 0.00635. The van der Waals surface area contributed by atoms with E-state index in [0.717, 1.165) is 97.6 Å². The summed E-state index contributed by atoms with van der Waals surface area (Å²) in [6, 6.07) is 65.8. The number of hydrogen-bond acceptors (Lipinski definition) is 20. The number of unbranched alkanes of at least 4 members (excludes halogenated alkanes) is 6. The first-order chi connectivity index (χ1) is 51.7. The van der Waals surface area contributed by atoms with E-state index >= 15 is 0 Å². The number of benzene rings is 8. The first kappa shape index (κ1) is 81.4. The number of nitrogens with zero attached hydrogens (tertiary/aromatic N) is 2. The molecule has 0 aromatic heterocycles. The largest absolute Gasteiger partial charge is 0.494 e. The van der Waals surface area contributed by atoms with Crippen LogP contribution >= 0.6 is 0 Å². The number of ether oxygens (including phenoxy) is 11. The van der Waals surface area contributed by atoms with Gasteiger partial charge >= 0.3 is 29.8 Å². The van der Waals surface area contributed by atoms with Crippen LogP contribution in [0.25, 0.3) is 22.3 Å². The molecule has 2 N–H and O–H groups in total. The summed E-state index contributed by atoms with van der Waals surface area (Å²) >= 11 is 0. The Morgan fingerprint density at radius 1 is 0.368 bits per heavy atom. The Hall–Kier alpha value is -11.9. The monoisotopic (exact) mass is 1440 g/mol. The van der Waals surface area contributed by atoms with Gasteiger partial charge in [-0.25, -0.2) is 24.0 Å². The highest BCUT2D eigenvalue weighted by atomic mass is 16.6. The van der Waals surface area contributed by atoms with Crippen molar-refractivity contribution in [1.82, 2.24) is 0 Å². The number of nitriles is 2. The number of hydrogen-bond donors (Lipinski definition) is 2. The summed E-state index contributed by atoms with van der Waals surface area (Å²) in [4.78, 5) is 56.2. The van der Waals surface area contributed by atoms with Crippen LogP contribution in [0.5, 0.6) is 28.7 Å². The molecule has 0 fully saturated rings. The van der Waals surface area contributed by atoms with Crippen molar-refractivity contribution in [3.63, 3.8) is 0 Å². The molecule has 1 aliphatic rings. The summed E-state index contributed by atoms with van der Waals surface area (Å²) in [5.41, 5.74) is 9.97. The minimum atomic E-state index is -0.940. The molecule has 0 aliphatic heterocycles. The molecule has 1 aliphatic carbocycles. The summed E-state index contributed by atoms with van der Waals surface area (Å²) < 4.78 is 59.0. The maximum absolute atomic E-state index is 12.2. The first-order valence-corrected chi connectivity index (χ1v) is 34.7. The maximum Gasteiger partial charge on any atom is 0.343 e. The number of rotatable bonds is 41. The van der Waals surface area contributed by atoms with Crippen LogP contribution in [-0.4, -0.2) is 132 Å². The molecule has 8 aromatic rings. The standard InChI is InChI=1S/C41H42O10.C23H23NO5.C22H23NO3/c1-3-39(44)50-27-31(42)25-46-21-23-48-33-17-13-29(14-18-33)41(37-11-7-5-9-35(37)36-10-6-8-12-38(36)41)30-15-19-34(20-16-30)49-24-22-47-26-32(43)28-51-40(45)4-2;1-2-22(25)28-16-6-4-3-5-15-27-20-13-9-19(10-14-20)23(26)29-21-11-7-18(17-24)8-12-21;1-2-22(24)26-16-6-4-3-5-15-25-21-13-11-20(12-14-21)19-9-7-18(17-23)8-10-19/h3-20,31-32,42-43H,1-2,21-28H2;2,7-14H,1,3-6,15-16H2;2,7-14H,1,3-6,15-16H2. The van der Waals surface area contributed by atoms with Gasteiger partial charge in [-0.1, -0.05) is 123 Å². The van der Waals surface area contributed by atoms with Gasteiger partial charge in [0.05, 0.1) is 87.1 Å². The third kappa shape index (κ3) is 26.4. The molecule has 0 bridgehead atoms. The quantitative estimate of drug-likeness (QED) is 0.0118. The SMILES string of the molecule is C=CC(=O)OCC(O)COCCOc1ccc(C2(c3ccc(OCCOCC(O)COC(=O)C=C)cc3)c3ccccc3-c3ccccc32)cc1.C=CC(=O)OCCCCCCOc1ccc(-c2ccc(C#N)cc2)cc1.C=CC(=O)OCCCCCCOc1ccc(C(=O)Oc2ccc(C#N)cc2)cc1. The normalized spacial score (nSPS) is 11.7. The maximum atomic E-state index is 12.2. The van der Waals surface area contributed by atoms with Crippen LogP contribution in [0.2, 0.25) is 0 Å². The lowest BCUT2D eigenvalue weighted by molar-refractivity contribution is -0.142. The fraction of sp³-hybridized carbons (Fsp3) is 0.267. The lowest BCUT2D eigenvalue weighted by atomic mass is 9.68. The molecular formula is C86H88N2O18. The zero-order chi connectivity index (χ0) is 75.6. The molecule has 2 atom stereocenters. The zero-order valence-corrected chi connectivity index (χ0v) is 59.2. The van der Waals surface area contributed by atoms with E-state index in [-0.39, 0.29) is 58.8 Å². The molecule has 8 aromatic carbocycles.